The Labute approximate surface area is 134 Å². The van der Waals surface area contributed by atoms with Crippen LogP contribution in [-0.4, -0.2) is 9.66 Å². The van der Waals surface area contributed by atoms with Gasteiger partial charge < -0.3 is 10.9 Å². The fourth-order valence-electron chi connectivity index (χ4n) is 3.12. The Morgan fingerprint density at radius 1 is 1.00 bits per heavy atom. The Hall–Kier alpha value is -3.05. The second-order valence-corrected chi connectivity index (χ2v) is 5.54. The number of nitrogens with two attached hydrogens (primary N) is 2. The summed E-state index contributed by atoms with van der Waals surface area (Å²) < 4.78 is 1.60. The fourth-order valence-corrected chi connectivity index (χ4v) is 3.12. The van der Waals surface area contributed by atoms with E-state index in [1.54, 1.807) is 15.8 Å². The molecular weight excluding hydrogens is 286 g/mol. The first kappa shape index (κ1) is 13.6. The van der Waals surface area contributed by atoms with Crippen molar-refractivity contribution < 1.29 is 0 Å². The number of benzene rings is 2. The van der Waals surface area contributed by atoms with E-state index in [0.717, 1.165) is 33.8 Å². The molecule has 0 saturated carbocycles. The van der Waals surface area contributed by atoms with Crippen LogP contribution in [0.4, 0.5) is 5.69 Å². The summed E-state index contributed by atoms with van der Waals surface area (Å²) in [5, 5.41) is 1.75. The lowest BCUT2D eigenvalue weighted by atomic mass is 9.96. The monoisotopic (exact) mass is 303 g/mol. The highest BCUT2D eigenvalue weighted by Gasteiger charge is 2.25. The van der Waals surface area contributed by atoms with Crippen molar-refractivity contribution in [2.24, 2.45) is 5.84 Å². The fraction of sp³-hybridized carbons (Fsp3) is 0.0556. The number of aromatic nitrogens is 2. The molecule has 1 aliphatic heterocycles. The van der Waals surface area contributed by atoms with E-state index in [2.05, 4.69) is 17.6 Å². The van der Waals surface area contributed by atoms with E-state index in [0.29, 0.717) is 12.4 Å². The van der Waals surface area contributed by atoms with Gasteiger partial charge in [0.2, 0.25) is 0 Å². The number of hydrogen-bond acceptors (Lipinski definition) is 4. The van der Waals surface area contributed by atoms with E-state index in [9.17, 15) is 0 Å². The topological polar surface area (TPSA) is 73.1 Å². The number of nitrogen functional groups attached to an aromatic ring is 1. The lowest BCUT2D eigenvalue weighted by Gasteiger charge is -2.26. The van der Waals surface area contributed by atoms with Crippen molar-refractivity contribution in [1.29, 1.82) is 0 Å². The Balaban J connectivity index is 2.14. The summed E-state index contributed by atoms with van der Waals surface area (Å²) in [6, 6.07) is 16.1. The molecule has 3 aromatic rings. The number of fused-ring (bicyclic) bond motifs is 5. The normalized spacial score (nSPS) is 12.7. The Morgan fingerprint density at radius 2 is 1.70 bits per heavy atom. The summed E-state index contributed by atoms with van der Waals surface area (Å²) in [4.78, 5) is 4.68. The Kier molecular flexibility index (Phi) is 2.96. The quantitative estimate of drug-likeness (QED) is 0.678. The van der Waals surface area contributed by atoms with Crippen molar-refractivity contribution in [3.05, 3.63) is 66.5 Å². The van der Waals surface area contributed by atoms with Crippen LogP contribution in [0.5, 0.6) is 0 Å². The molecule has 2 aromatic carbocycles. The molecule has 0 spiro atoms. The first-order chi connectivity index (χ1) is 11.2. The van der Waals surface area contributed by atoms with Gasteiger partial charge in [0.05, 0.1) is 17.9 Å². The third kappa shape index (κ3) is 1.94. The predicted octanol–water partition coefficient (Wildman–Crippen LogP) is 2.77. The van der Waals surface area contributed by atoms with Crippen LogP contribution in [0.2, 0.25) is 0 Å². The maximum absolute atomic E-state index is 6.31. The minimum absolute atomic E-state index is 0.598. The van der Waals surface area contributed by atoms with Crippen LogP contribution < -0.4 is 16.7 Å². The van der Waals surface area contributed by atoms with Gasteiger partial charge in [0.15, 0.2) is 5.82 Å². The van der Waals surface area contributed by atoms with Gasteiger partial charge in [-0.2, -0.15) is 0 Å². The van der Waals surface area contributed by atoms with Gasteiger partial charge in [-0.25, -0.2) is 15.5 Å². The number of para-hydroxylation sites is 1. The molecule has 5 nitrogen and oxygen atoms in total. The number of hydrazine groups is 1. The van der Waals surface area contributed by atoms with E-state index in [4.69, 9.17) is 11.7 Å². The predicted molar refractivity (Wildman–Crippen MR) is 93.7 cm³/mol. The molecule has 0 radical (unpaired) electrons. The second-order valence-electron chi connectivity index (χ2n) is 5.54. The van der Waals surface area contributed by atoms with Crippen LogP contribution in [-0.2, 0) is 6.54 Å². The third-order valence-corrected chi connectivity index (χ3v) is 4.20. The molecule has 0 atom stereocenters. The second kappa shape index (κ2) is 5.00. The summed E-state index contributed by atoms with van der Waals surface area (Å²) >= 11 is 0. The Morgan fingerprint density at radius 3 is 2.48 bits per heavy atom. The van der Waals surface area contributed by atoms with Crippen molar-refractivity contribution >= 4 is 11.8 Å². The molecule has 5 heteroatoms. The van der Waals surface area contributed by atoms with Crippen LogP contribution in [0.3, 0.4) is 0 Å². The third-order valence-electron chi connectivity index (χ3n) is 4.20. The van der Waals surface area contributed by atoms with Gasteiger partial charge in [-0.3, -0.25) is 0 Å². The van der Waals surface area contributed by atoms with Crippen LogP contribution in [0.1, 0.15) is 11.4 Å². The van der Waals surface area contributed by atoms with E-state index in [1.807, 2.05) is 42.5 Å². The zero-order valence-electron chi connectivity index (χ0n) is 12.6. The summed E-state index contributed by atoms with van der Waals surface area (Å²) in [5.41, 5.74) is 5.74. The highest BCUT2D eigenvalue weighted by molar-refractivity contribution is 5.89. The van der Waals surface area contributed by atoms with Crippen LogP contribution in [0, 0.1) is 0 Å². The molecule has 0 saturated heterocycles. The van der Waals surface area contributed by atoms with E-state index in [-0.39, 0.29) is 0 Å². The average Bonchev–Trinajstić information content (AvgIpc) is 2.90. The highest BCUT2D eigenvalue weighted by atomic mass is 15.4. The number of imidazole rings is 1. The molecule has 1 aliphatic rings. The molecule has 4 N–H and O–H groups in total. The maximum atomic E-state index is 6.31. The maximum Gasteiger partial charge on any atom is 0.151 e. The van der Waals surface area contributed by atoms with Gasteiger partial charge in [0.25, 0.3) is 0 Å². The zero-order chi connectivity index (χ0) is 16.0. The van der Waals surface area contributed by atoms with Gasteiger partial charge in [-0.1, -0.05) is 49.0 Å². The minimum Gasteiger partial charge on any atom is -0.337 e. The van der Waals surface area contributed by atoms with Crippen molar-refractivity contribution in [2.45, 2.75) is 6.54 Å². The van der Waals surface area contributed by atoms with Crippen LogP contribution in [0.15, 0.2) is 55.1 Å². The van der Waals surface area contributed by atoms with Gasteiger partial charge in [0.1, 0.15) is 5.69 Å². The van der Waals surface area contributed by atoms with Crippen molar-refractivity contribution in [3.63, 3.8) is 0 Å². The summed E-state index contributed by atoms with van der Waals surface area (Å²) in [5.74, 6) is 13.2. The van der Waals surface area contributed by atoms with E-state index in [1.165, 1.54) is 0 Å². The van der Waals surface area contributed by atoms with E-state index >= 15 is 0 Å². The molecule has 0 fully saturated rings. The zero-order valence-corrected chi connectivity index (χ0v) is 12.6. The molecule has 0 aliphatic carbocycles. The Bertz CT molecular complexity index is 910. The molecule has 23 heavy (non-hydrogen) atoms. The molecule has 0 unspecified atom stereocenters. The van der Waals surface area contributed by atoms with Gasteiger partial charge in [0, 0.05) is 11.1 Å². The summed E-state index contributed by atoms with van der Waals surface area (Å²) in [6.45, 7) is 4.41. The highest BCUT2D eigenvalue weighted by Crippen LogP contribution is 2.40. The molecule has 114 valence electrons. The lowest BCUT2D eigenvalue weighted by molar-refractivity contribution is 0.851. The number of nitrogens with zero attached hydrogens (tertiary/aromatic N) is 3. The first-order valence-corrected chi connectivity index (χ1v) is 7.41. The standard InChI is InChI=1S/C18H17N5/c1-2-16-21-17-14-9-5-6-10-15(14)22(19)11-12-7-3-4-8-13(12)18(17)23(16)20/h2-10H,1,11,19-20H2. The summed E-state index contributed by atoms with van der Waals surface area (Å²) in [7, 11) is 0. The largest absolute Gasteiger partial charge is 0.337 e. The number of hydrogen-bond donors (Lipinski definition) is 2. The first-order valence-electron chi connectivity index (χ1n) is 7.41. The summed E-state index contributed by atoms with van der Waals surface area (Å²) in [6.07, 6.45) is 1.66. The molecule has 0 amide bonds. The smallest absolute Gasteiger partial charge is 0.151 e. The van der Waals surface area contributed by atoms with Crippen molar-refractivity contribution in [2.75, 3.05) is 10.9 Å². The molecular formula is C18H17N5. The lowest BCUT2D eigenvalue weighted by Crippen LogP contribution is -2.31. The van der Waals surface area contributed by atoms with Gasteiger partial charge >= 0.3 is 0 Å². The van der Waals surface area contributed by atoms with Crippen molar-refractivity contribution in [3.8, 4) is 22.5 Å². The van der Waals surface area contributed by atoms with E-state index < -0.39 is 0 Å². The van der Waals surface area contributed by atoms with Crippen molar-refractivity contribution in [1.82, 2.24) is 9.66 Å². The number of anilines is 1. The molecule has 4 rings (SSSR count). The minimum atomic E-state index is 0.598. The molecule has 2 heterocycles. The number of rotatable bonds is 1. The molecule has 0 bridgehead atoms. The SMILES string of the molecule is C=Cc1nc2c(n1N)-c1ccccc1CN(N)c1ccccc1-2. The van der Waals surface area contributed by atoms with Gasteiger partial charge in [-0.05, 0) is 17.7 Å². The molecule has 1 aromatic heterocycles. The van der Waals surface area contributed by atoms with Crippen LogP contribution in [0.25, 0.3) is 28.6 Å². The van der Waals surface area contributed by atoms with Gasteiger partial charge in [-0.15, -0.1) is 0 Å². The average molecular weight is 303 g/mol. The van der Waals surface area contributed by atoms with Crippen LogP contribution >= 0.6 is 0 Å².